The van der Waals surface area contributed by atoms with Crippen LogP contribution in [0.4, 0.5) is 5.95 Å². The molecule has 0 saturated heterocycles. The van der Waals surface area contributed by atoms with Gasteiger partial charge in [-0.3, -0.25) is 0 Å². The first-order chi connectivity index (χ1) is 9.16. The van der Waals surface area contributed by atoms with Gasteiger partial charge in [0.1, 0.15) is 0 Å². The van der Waals surface area contributed by atoms with Gasteiger partial charge in [-0.15, -0.1) is 0 Å². The molecule has 2 N–H and O–H groups in total. The highest BCUT2D eigenvalue weighted by molar-refractivity contribution is 5.85. The number of aryl methyl sites for hydroxylation is 1. The SMILES string of the molecule is Cc1ccccc1C1CCNc2nc(C(=O)O)cn21. The molecule has 1 aromatic carbocycles. The van der Waals surface area contributed by atoms with Crippen LogP contribution in [0.5, 0.6) is 0 Å². The third kappa shape index (κ3) is 1.97. The fourth-order valence-electron chi connectivity index (χ4n) is 2.59. The van der Waals surface area contributed by atoms with Crippen LogP contribution < -0.4 is 5.32 Å². The maximum Gasteiger partial charge on any atom is 0.356 e. The quantitative estimate of drug-likeness (QED) is 0.866. The summed E-state index contributed by atoms with van der Waals surface area (Å²) in [7, 11) is 0. The lowest BCUT2D eigenvalue weighted by Crippen LogP contribution is -2.23. The van der Waals surface area contributed by atoms with Crippen LogP contribution in [0.15, 0.2) is 30.5 Å². The molecule has 2 heterocycles. The van der Waals surface area contributed by atoms with Gasteiger partial charge in [0.15, 0.2) is 5.69 Å². The molecule has 1 aliphatic heterocycles. The Balaban J connectivity index is 2.07. The first-order valence-corrected chi connectivity index (χ1v) is 6.28. The van der Waals surface area contributed by atoms with E-state index in [1.807, 2.05) is 16.7 Å². The Hall–Kier alpha value is -2.30. The van der Waals surface area contributed by atoms with Crippen molar-refractivity contribution in [1.82, 2.24) is 9.55 Å². The van der Waals surface area contributed by atoms with Gasteiger partial charge in [0.05, 0.1) is 6.04 Å². The van der Waals surface area contributed by atoms with E-state index < -0.39 is 5.97 Å². The van der Waals surface area contributed by atoms with Crippen LogP contribution in [0.25, 0.3) is 0 Å². The molecule has 19 heavy (non-hydrogen) atoms. The maximum atomic E-state index is 11.0. The lowest BCUT2D eigenvalue weighted by molar-refractivity contribution is 0.0691. The van der Waals surface area contributed by atoms with Crippen molar-refractivity contribution in [3.8, 4) is 0 Å². The standard InChI is InChI=1S/C14H15N3O2/c1-9-4-2-3-5-10(9)12-6-7-15-14-16-11(13(18)19)8-17(12)14/h2-5,8,12H,6-7H2,1H3,(H,15,16)(H,18,19). The minimum atomic E-state index is -0.993. The van der Waals surface area contributed by atoms with Crippen molar-refractivity contribution >= 4 is 11.9 Å². The molecule has 0 fully saturated rings. The minimum absolute atomic E-state index is 0.0861. The molecule has 1 atom stereocenters. The van der Waals surface area contributed by atoms with Gasteiger partial charge in [-0.05, 0) is 24.5 Å². The first-order valence-electron chi connectivity index (χ1n) is 6.28. The van der Waals surface area contributed by atoms with Crippen LogP contribution in [0.3, 0.4) is 0 Å². The minimum Gasteiger partial charge on any atom is -0.476 e. The molecule has 5 nitrogen and oxygen atoms in total. The third-order valence-corrected chi connectivity index (χ3v) is 3.54. The molecule has 0 radical (unpaired) electrons. The van der Waals surface area contributed by atoms with Gasteiger partial charge in [0, 0.05) is 12.7 Å². The van der Waals surface area contributed by atoms with Crippen LogP contribution in [0, 0.1) is 6.92 Å². The van der Waals surface area contributed by atoms with Crippen molar-refractivity contribution in [2.75, 3.05) is 11.9 Å². The fraction of sp³-hybridized carbons (Fsp3) is 0.286. The zero-order valence-corrected chi connectivity index (χ0v) is 10.6. The van der Waals surface area contributed by atoms with E-state index in [1.165, 1.54) is 11.1 Å². The molecule has 0 saturated carbocycles. The molecule has 0 aliphatic carbocycles. The monoisotopic (exact) mass is 257 g/mol. The van der Waals surface area contributed by atoms with E-state index in [0.29, 0.717) is 5.95 Å². The number of hydrogen-bond acceptors (Lipinski definition) is 3. The van der Waals surface area contributed by atoms with Gasteiger partial charge < -0.3 is 15.0 Å². The molecule has 98 valence electrons. The summed E-state index contributed by atoms with van der Waals surface area (Å²) in [5.41, 5.74) is 2.52. The second-order valence-corrected chi connectivity index (χ2v) is 4.75. The second-order valence-electron chi connectivity index (χ2n) is 4.75. The van der Waals surface area contributed by atoms with Gasteiger partial charge in [0.2, 0.25) is 5.95 Å². The third-order valence-electron chi connectivity index (χ3n) is 3.54. The number of carboxylic acids is 1. The van der Waals surface area contributed by atoms with Crippen LogP contribution in [-0.4, -0.2) is 27.2 Å². The van der Waals surface area contributed by atoms with Gasteiger partial charge in [0.25, 0.3) is 0 Å². The van der Waals surface area contributed by atoms with Crippen molar-refractivity contribution in [3.63, 3.8) is 0 Å². The summed E-state index contributed by atoms with van der Waals surface area (Å²) >= 11 is 0. The van der Waals surface area contributed by atoms with Crippen LogP contribution >= 0.6 is 0 Å². The molecule has 2 aromatic rings. The van der Waals surface area contributed by atoms with Crippen molar-refractivity contribution in [2.24, 2.45) is 0 Å². The zero-order valence-electron chi connectivity index (χ0n) is 10.6. The molecule has 5 heteroatoms. The smallest absolute Gasteiger partial charge is 0.356 e. The number of carboxylic acid groups (broad SMARTS) is 1. The fourth-order valence-corrected chi connectivity index (χ4v) is 2.59. The maximum absolute atomic E-state index is 11.0. The van der Waals surface area contributed by atoms with E-state index in [1.54, 1.807) is 6.20 Å². The number of aromatic nitrogens is 2. The van der Waals surface area contributed by atoms with Crippen molar-refractivity contribution in [3.05, 3.63) is 47.3 Å². The number of hydrogen-bond donors (Lipinski definition) is 2. The number of benzene rings is 1. The van der Waals surface area contributed by atoms with E-state index in [9.17, 15) is 4.79 Å². The second kappa shape index (κ2) is 4.42. The number of rotatable bonds is 2. The highest BCUT2D eigenvalue weighted by Gasteiger charge is 2.25. The van der Waals surface area contributed by atoms with Gasteiger partial charge >= 0.3 is 5.97 Å². The van der Waals surface area contributed by atoms with Gasteiger partial charge in [-0.25, -0.2) is 9.78 Å². The number of nitrogens with one attached hydrogen (secondary N) is 1. The van der Waals surface area contributed by atoms with E-state index >= 15 is 0 Å². The summed E-state index contributed by atoms with van der Waals surface area (Å²) in [6.07, 6.45) is 2.54. The molecule has 1 unspecified atom stereocenters. The Labute approximate surface area is 110 Å². The Kier molecular flexibility index (Phi) is 2.74. The van der Waals surface area contributed by atoms with Crippen LogP contribution in [0.2, 0.25) is 0 Å². The summed E-state index contributed by atoms with van der Waals surface area (Å²) in [4.78, 5) is 15.1. The Morgan fingerprint density at radius 2 is 2.26 bits per heavy atom. The molecule has 0 amide bonds. The lowest BCUT2D eigenvalue weighted by Gasteiger charge is -2.27. The summed E-state index contributed by atoms with van der Waals surface area (Å²) < 4.78 is 1.93. The first kappa shape index (κ1) is 11.8. The number of carbonyl (C=O) groups is 1. The van der Waals surface area contributed by atoms with Crippen molar-refractivity contribution < 1.29 is 9.90 Å². The lowest BCUT2D eigenvalue weighted by atomic mass is 9.98. The molecule has 0 bridgehead atoms. The van der Waals surface area contributed by atoms with Crippen LogP contribution in [0.1, 0.15) is 34.1 Å². The zero-order chi connectivity index (χ0) is 13.4. The number of nitrogens with zero attached hydrogens (tertiary/aromatic N) is 2. The largest absolute Gasteiger partial charge is 0.476 e. The Morgan fingerprint density at radius 1 is 1.47 bits per heavy atom. The molecule has 1 aromatic heterocycles. The van der Waals surface area contributed by atoms with E-state index in [4.69, 9.17) is 5.11 Å². The molecular formula is C14H15N3O2. The molecule has 0 spiro atoms. The predicted octanol–water partition coefficient (Wildman–Crippen LogP) is 2.29. The number of anilines is 1. The highest BCUT2D eigenvalue weighted by Crippen LogP contribution is 2.31. The van der Waals surface area contributed by atoms with Gasteiger partial charge in [-0.2, -0.15) is 0 Å². The van der Waals surface area contributed by atoms with E-state index in [-0.39, 0.29) is 11.7 Å². The van der Waals surface area contributed by atoms with Gasteiger partial charge in [-0.1, -0.05) is 24.3 Å². The summed E-state index contributed by atoms with van der Waals surface area (Å²) in [5.74, 6) is -0.357. The topological polar surface area (TPSA) is 67.2 Å². The normalized spacial score (nSPS) is 17.6. The average molecular weight is 257 g/mol. The van der Waals surface area contributed by atoms with Crippen LogP contribution in [-0.2, 0) is 0 Å². The Bertz CT molecular complexity index is 633. The van der Waals surface area contributed by atoms with Crippen molar-refractivity contribution in [1.29, 1.82) is 0 Å². The summed E-state index contributed by atoms with van der Waals surface area (Å²) in [6.45, 7) is 2.88. The number of aromatic carboxylic acids is 1. The van der Waals surface area contributed by atoms with Crippen molar-refractivity contribution in [2.45, 2.75) is 19.4 Å². The summed E-state index contributed by atoms with van der Waals surface area (Å²) in [6, 6.07) is 8.34. The highest BCUT2D eigenvalue weighted by atomic mass is 16.4. The Morgan fingerprint density at radius 3 is 3.00 bits per heavy atom. The van der Waals surface area contributed by atoms with E-state index in [2.05, 4.69) is 29.4 Å². The van der Waals surface area contributed by atoms with E-state index in [0.717, 1.165) is 13.0 Å². The summed E-state index contributed by atoms with van der Waals surface area (Å²) in [5, 5.41) is 12.2. The molecule has 1 aliphatic rings. The number of fused-ring (bicyclic) bond motifs is 1. The molecular weight excluding hydrogens is 242 g/mol. The molecule has 3 rings (SSSR count). The average Bonchev–Trinajstić information content (AvgIpc) is 2.83. The predicted molar refractivity (Wildman–Crippen MR) is 71.6 cm³/mol. The number of imidazole rings is 1.